The average molecular weight is 511 g/mol. The number of pyridine rings is 1. The molecule has 0 aliphatic heterocycles. The zero-order valence-electron chi connectivity index (χ0n) is 20.4. The number of hydrogen-bond acceptors (Lipinski definition) is 6. The van der Waals surface area contributed by atoms with Gasteiger partial charge in [0.15, 0.2) is 5.75 Å². The number of hydrogen-bond donors (Lipinski definition) is 3. The molecule has 1 aromatic carbocycles. The Morgan fingerprint density at radius 3 is 2.72 bits per heavy atom. The number of methoxy groups -OCH3 is 1. The van der Waals surface area contributed by atoms with Crippen LogP contribution < -0.4 is 15.5 Å². The molecule has 2 aliphatic rings. The second-order valence-electron chi connectivity index (χ2n) is 9.48. The van der Waals surface area contributed by atoms with Crippen molar-refractivity contribution in [1.82, 2.24) is 10.3 Å². The summed E-state index contributed by atoms with van der Waals surface area (Å²) in [4.78, 5) is 42.1. The van der Waals surface area contributed by atoms with Crippen molar-refractivity contribution in [2.45, 2.75) is 63.8 Å². The lowest BCUT2D eigenvalue weighted by Gasteiger charge is -2.23. The number of aromatic carboxylic acids is 1. The predicted molar refractivity (Wildman–Crippen MR) is 138 cm³/mol. The van der Waals surface area contributed by atoms with E-state index in [-0.39, 0.29) is 17.7 Å². The number of thiophene rings is 1. The molecule has 1 saturated carbocycles. The number of ether oxygens (including phenoxy) is 2. The van der Waals surface area contributed by atoms with E-state index < -0.39 is 11.4 Å². The minimum absolute atomic E-state index is 0.110. The SMILES string of the molecule is CCCCOC(=O)NC1CCCc2sc(-c3c(C4CC4)cc4c(=O)c(C(=O)O)c[nH]c4c3OC)cc21. The number of aromatic amines is 1. The molecule has 0 radical (unpaired) electrons. The largest absolute Gasteiger partial charge is 0.494 e. The number of benzene rings is 1. The number of alkyl carbamates (subject to hydrolysis) is 1. The molecule has 0 bridgehead atoms. The number of carboxylic acid groups (broad SMARTS) is 1. The Kier molecular flexibility index (Phi) is 6.75. The van der Waals surface area contributed by atoms with Crippen LogP contribution in [0.3, 0.4) is 0 Å². The third-order valence-corrected chi connectivity index (χ3v) is 8.23. The Balaban J connectivity index is 1.59. The van der Waals surface area contributed by atoms with Gasteiger partial charge in [0.05, 0.1) is 30.7 Å². The first-order valence-electron chi connectivity index (χ1n) is 12.5. The van der Waals surface area contributed by atoms with Gasteiger partial charge in [0.1, 0.15) is 5.56 Å². The highest BCUT2D eigenvalue weighted by Crippen LogP contribution is 2.52. The number of aryl methyl sites for hydroxylation is 1. The molecule has 2 aliphatic carbocycles. The zero-order chi connectivity index (χ0) is 25.4. The van der Waals surface area contributed by atoms with Gasteiger partial charge in [0.25, 0.3) is 0 Å². The standard InChI is InChI=1S/C27H30N2O6S/c1-3-4-10-35-27(33)29-19-6-5-7-20-16(19)12-21(36-20)22-15(14-8-9-14)11-17-23(25(22)34-2)28-13-18(24(17)30)26(31)32/h11-14,19H,3-10H2,1-2H3,(H,28,30)(H,29,33)(H,31,32). The minimum atomic E-state index is -1.26. The lowest BCUT2D eigenvalue weighted by atomic mass is 9.92. The molecule has 8 nitrogen and oxygen atoms in total. The molecule has 1 atom stereocenters. The summed E-state index contributed by atoms with van der Waals surface area (Å²) in [5.41, 5.74) is 2.74. The Hall–Kier alpha value is -3.33. The molecular weight excluding hydrogens is 480 g/mol. The molecule has 1 unspecified atom stereocenters. The number of carboxylic acids is 1. The molecule has 1 fully saturated rings. The van der Waals surface area contributed by atoms with Gasteiger partial charge in [-0.3, -0.25) is 4.79 Å². The van der Waals surface area contributed by atoms with Crippen LogP contribution >= 0.6 is 11.3 Å². The molecule has 2 heterocycles. The summed E-state index contributed by atoms with van der Waals surface area (Å²) in [7, 11) is 1.57. The number of carbonyl (C=O) groups excluding carboxylic acids is 1. The number of aromatic nitrogens is 1. The van der Waals surface area contributed by atoms with Gasteiger partial charge in [-0.05, 0) is 67.7 Å². The Labute approximate surface area is 212 Å². The fourth-order valence-electron chi connectivity index (χ4n) is 5.01. The monoisotopic (exact) mass is 510 g/mol. The van der Waals surface area contributed by atoms with Crippen molar-refractivity contribution in [3.8, 4) is 16.2 Å². The molecule has 1 amide bonds. The van der Waals surface area contributed by atoms with Gasteiger partial charge < -0.3 is 24.9 Å². The van der Waals surface area contributed by atoms with E-state index in [0.29, 0.717) is 29.2 Å². The van der Waals surface area contributed by atoms with E-state index in [1.165, 1.54) is 11.1 Å². The average Bonchev–Trinajstić information content (AvgIpc) is 3.61. The van der Waals surface area contributed by atoms with E-state index in [1.54, 1.807) is 18.4 Å². The number of unbranched alkanes of at least 4 members (excludes halogenated alkanes) is 1. The molecule has 190 valence electrons. The van der Waals surface area contributed by atoms with Crippen molar-refractivity contribution < 1.29 is 24.2 Å². The maximum absolute atomic E-state index is 13.0. The van der Waals surface area contributed by atoms with Gasteiger partial charge in [-0.25, -0.2) is 9.59 Å². The van der Waals surface area contributed by atoms with Crippen LogP contribution in [0.15, 0.2) is 23.1 Å². The first-order chi connectivity index (χ1) is 17.4. The van der Waals surface area contributed by atoms with Crippen LogP contribution in [-0.4, -0.2) is 35.9 Å². The molecule has 2 aromatic heterocycles. The second kappa shape index (κ2) is 9.97. The fraction of sp³-hybridized carbons (Fsp3) is 0.444. The molecule has 9 heteroatoms. The number of rotatable bonds is 8. The summed E-state index contributed by atoms with van der Waals surface area (Å²) in [6.45, 7) is 2.47. The number of nitrogens with one attached hydrogen (secondary N) is 2. The van der Waals surface area contributed by atoms with Crippen molar-refractivity contribution in [2.24, 2.45) is 0 Å². The number of H-pyrrole nitrogens is 1. The van der Waals surface area contributed by atoms with Gasteiger partial charge in [-0.1, -0.05) is 13.3 Å². The molecule has 3 aromatic rings. The van der Waals surface area contributed by atoms with E-state index in [4.69, 9.17) is 9.47 Å². The molecule has 3 N–H and O–H groups in total. The summed E-state index contributed by atoms with van der Waals surface area (Å²) in [5.74, 6) is -0.412. The first kappa shape index (κ1) is 24.4. The topological polar surface area (TPSA) is 118 Å². The van der Waals surface area contributed by atoms with Crippen LogP contribution in [0, 0.1) is 0 Å². The van der Waals surface area contributed by atoms with Crippen LogP contribution in [0.2, 0.25) is 0 Å². The Morgan fingerprint density at radius 2 is 2.03 bits per heavy atom. The maximum Gasteiger partial charge on any atom is 0.407 e. The summed E-state index contributed by atoms with van der Waals surface area (Å²) in [6.07, 6.45) is 7.44. The molecule has 0 spiro atoms. The third-order valence-electron chi connectivity index (χ3n) is 7.00. The number of fused-ring (bicyclic) bond motifs is 2. The van der Waals surface area contributed by atoms with Gasteiger partial charge >= 0.3 is 12.1 Å². The van der Waals surface area contributed by atoms with Gasteiger partial charge in [0, 0.05) is 21.5 Å². The van der Waals surface area contributed by atoms with Crippen LogP contribution in [0.5, 0.6) is 5.75 Å². The summed E-state index contributed by atoms with van der Waals surface area (Å²) >= 11 is 1.69. The Bertz CT molecular complexity index is 1390. The van der Waals surface area contributed by atoms with Crippen LogP contribution in [-0.2, 0) is 11.2 Å². The first-order valence-corrected chi connectivity index (χ1v) is 13.3. The van der Waals surface area contributed by atoms with Crippen molar-refractivity contribution in [1.29, 1.82) is 0 Å². The van der Waals surface area contributed by atoms with E-state index in [9.17, 15) is 19.5 Å². The van der Waals surface area contributed by atoms with E-state index in [2.05, 4.69) is 23.3 Å². The zero-order valence-corrected chi connectivity index (χ0v) is 21.3. The lowest BCUT2D eigenvalue weighted by Crippen LogP contribution is -2.31. The minimum Gasteiger partial charge on any atom is -0.494 e. The second-order valence-corrected chi connectivity index (χ2v) is 10.6. The number of amides is 1. The third kappa shape index (κ3) is 4.48. The van der Waals surface area contributed by atoms with Gasteiger partial charge in [-0.2, -0.15) is 0 Å². The van der Waals surface area contributed by atoms with E-state index in [1.807, 2.05) is 6.07 Å². The summed E-state index contributed by atoms with van der Waals surface area (Å²) < 4.78 is 11.2. The van der Waals surface area contributed by atoms with Gasteiger partial charge in [0.2, 0.25) is 5.43 Å². The van der Waals surface area contributed by atoms with Crippen molar-refractivity contribution in [3.05, 3.63) is 50.1 Å². The predicted octanol–water partition coefficient (Wildman–Crippen LogP) is 5.74. The van der Waals surface area contributed by atoms with E-state index in [0.717, 1.165) is 66.5 Å². The summed E-state index contributed by atoms with van der Waals surface area (Å²) in [6, 6.07) is 3.87. The van der Waals surface area contributed by atoms with Gasteiger partial charge in [-0.15, -0.1) is 11.3 Å². The quantitative estimate of drug-likeness (QED) is 0.333. The van der Waals surface area contributed by atoms with Crippen LogP contribution in [0.1, 0.15) is 83.8 Å². The maximum atomic E-state index is 13.0. The lowest BCUT2D eigenvalue weighted by molar-refractivity contribution is 0.0695. The smallest absolute Gasteiger partial charge is 0.407 e. The Morgan fingerprint density at radius 1 is 1.22 bits per heavy atom. The van der Waals surface area contributed by atoms with Crippen molar-refractivity contribution >= 4 is 34.3 Å². The van der Waals surface area contributed by atoms with E-state index >= 15 is 0 Å². The van der Waals surface area contributed by atoms with Crippen molar-refractivity contribution in [2.75, 3.05) is 13.7 Å². The van der Waals surface area contributed by atoms with Crippen LogP contribution in [0.25, 0.3) is 21.3 Å². The fourth-order valence-corrected chi connectivity index (χ4v) is 6.34. The highest BCUT2D eigenvalue weighted by molar-refractivity contribution is 7.15. The van der Waals surface area contributed by atoms with Crippen molar-refractivity contribution in [3.63, 3.8) is 0 Å². The normalized spacial score (nSPS) is 17.0. The highest BCUT2D eigenvalue weighted by atomic mass is 32.1. The molecule has 36 heavy (non-hydrogen) atoms. The molecule has 0 saturated heterocycles. The molecule has 5 rings (SSSR count). The molecular formula is C27H30N2O6S. The summed E-state index contributed by atoms with van der Waals surface area (Å²) in [5, 5.41) is 12.8. The van der Waals surface area contributed by atoms with Crippen LogP contribution in [0.4, 0.5) is 4.79 Å². The highest BCUT2D eigenvalue weighted by Gasteiger charge is 2.33. The number of carbonyl (C=O) groups is 2.